The Morgan fingerprint density at radius 2 is 1.69 bits per heavy atom. The number of hydrogen-bond donors (Lipinski definition) is 0. The molecule has 6 rings (SSSR count). The van der Waals surface area contributed by atoms with E-state index < -0.39 is 0 Å². The Balaban J connectivity index is 1.74. The summed E-state index contributed by atoms with van der Waals surface area (Å²) >= 11 is 1.84. The van der Waals surface area contributed by atoms with Crippen molar-refractivity contribution in [1.29, 1.82) is 0 Å². The lowest BCUT2D eigenvalue weighted by Crippen LogP contribution is -2.30. The zero-order chi connectivity index (χ0) is 19.7. The third kappa shape index (κ3) is 2.36. The first-order valence-electron chi connectivity index (χ1n) is 9.71. The largest absolute Gasteiger partial charge is 0.437 e. The van der Waals surface area contributed by atoms with Crippen LogP contribution in [0.5, 0.6) is 0 Å². The predicted molar refractivity (Wildman–Crippen MR) is 120 cm³/mol. The number of aryl methyl sites for hydroxylation is 3. The average molecular weight is 396 g/mol. The number of thiophene rings is 1. The van der Waals surface area contributed by atoms with Gasteiger partial charge < -0.3 is 4.42 Å². The van der Waals surface area contributed by atoms with Crippen molar-refractivity contribution in [1.82, 2.24) is 4.98 Å². The number of benzene rings is 2. The second kappa shape index (κ2) is 5.88. The molecule has 6 aromatic rings. The van der Waals surface area contributed by atoms with Gasteiger partial charge in [0.1, 0.15) is 7.05 Å². The maximum atomic E-state index is 6.31. The van der Waals surface area contributed by atoms with Gasteiger partial charge in [-0.25, -0.2) is 4.98 Å². The summed E-state index contributed by atoms with van der Waals surface area (Å²) in [5, 5.41) is 4.78. The third-order valence-electron chi connectivity index (χ3n) is 5.75. The molecular formula is C25H19N2OS+. The predicted octanol–water partition coefficient (Wildman–Crippen LogP) is 6.46. The van der Waals surface area contributed by atoms with E-state index in [2.05, 4.69) is 78.3 Å². The van der Waals surface area contributed by atoms with Crippen LogP contribution in [0.4, 0.5) is 0 Å². The molecule has 0 saturated heterocycles. The molecule has 0 unspecified atom stereocenters. The number of hydrogen-bond acceptors (Lipinski definition) is 3. The van der Waals surface area contributed by atoms with Gasteiger partial charge in [0.05, 0.1) is 10.3 Å². The minimum absolute atomic E-state index is 0.705. The molecule has 4 aromatic heterocycles. The molecule has 29 heavy (non-hydrogen) atoms. The number of aromatic nitrogens is 2. The van der Waals surface area contributed by atoms with Crippen LogP contribution in [0, 0.1) is 13.8 Å². The lowest BCUT2D eigenvalue weighted by Gasteiger charge is -2.06. The van der Waals surface area contributed by atoms with Crippen LogP contribution >= 0.6 is 11.3 Å². The van der Waals surface area contributed by atoms with Crippen LogP contribution < -0.4 is 4.57 Å². The van der Waals surface area contributed by atoms with Crippen molar-refractivity contribution in [3.63, 3.8) is 0 Å². The zero-order valence-corrected chi connectivity index (χ0v) is 17.3. The van der Waals surface area contributed by atoms with Crippen molar-refractivity contribution < 1.29 is 8.98 Å². The number of nitrogens with zero attached hydrogens (tertiary/aromatic N) is 2. The van der Waals surface area contributed by atoms with Gasteiger partial charge in [-0.05, 0) is 37.6 Å². The number of rotatable bonds is 1. The molecule has 0 aliphatic carbocycles. The van der Waals surface area contributed by atoms with E-state index in [4.69, 9.17) is 4.42 Å². The molecular weight excluding hydrogens is 376 g/mol. The maximum Gasteiger partial charge on any atom is 0.227 e. The number of fused-ring (bicyclic) bond motifs is 6. The Morgan fingerprint density at radius 3 is 2.59 bits per heavy atom. The summed E-state index contributed by atoms with van der Waals surface area (Å²) in [7, 11) is 2.11. The second-order valence-electron chi connectivity index (χ2n) is 7.69. The van der Waals surface area contributed by atoms with Gasteiger partial charge >= 0.3 is 0 Å². The molecule has 0 radical (unpaired) electrons. The van der Waals surface area contributed by atoms with Gasteiger partial charge in [-0.1, -0.05) is 30.3 Å². The molecule has 0 aliphatic rings. The summed E-state index contributed by atoms with van der Waals surface area (Å²) in [4.78, 5) is 4.61. The smallest absolute Gasteiger partial charge is 0.227 e. The molecule has 0 amide bonds. The molecule has 0 bridgehead atoms. The van der Waals surface area contributed by atoms with Gasteiger partial charge in [0.25, 0.3) is 0 Å². The van der Waals surface area contributed by atoms with Gasteiger partial charge in [0, 0.05) is 38.0 Å². The van der Waals surface area contributed by atoms with Gasteiger partial charge in [-0.3, -0.25) is 0 Å². The highest BCUT2D eigenvalue weighted by atomic mass is 32.1. The lowest BCUT2D eigenvalue weighted by atomic mass is 10.00. The molecule has 4 heterocycles. The summed E-state index contributed by atoms with van der Waals surface area (Å²) in [6.07, 6.45) is 2.23. The highest BCUT2D eigenvalue weighted by Gasteiger charge is 2.22. The zero-order valence-electron chi connectivity index (χ0n) is 16.5. The summed E-state index contributed by atoms with van der Waals surface area (Å²) in [6.45, 7) is 4.14. The van der Waals surface area contributed by atoms with E-state index in [1.165, 1.54) is 25.7 Å². The summed E-state index contributed by atoms with van der Waals surface area (Å²) < 4.78 is 11.1. The van der Waals surface area contributed by atoms with Crippen LogP contribution in [0.2, 0.25) is 0 Å². The fourth-order valence-electron chi connectivity index (χ4n) is 4.29. The SMILES string of the molecule is Cc1ccc2c(n1)oc1c(-c3cc4c(c[n+]3C)sc3ccccc34)c(C)ccc12. The van der Waals surface area contributed by atoms with Crippen LogP contribution in [0.1, 0.15) is 11.3 Å². The average Bonchev–Trinajstić information content (AvgIpc) is 3.24. The van der Waals surface area contributed by atoms with Crippen LogP contribution in [-0.2, 0) is 7.05 Å². The van der Waals surface area contributed by atoms with Crippen molar-refractivity contribution in [2.75, 3.05) is 0 Å². The molecule has 0 atom stereocenters. The normalized spacial score (nSPS) is 12.0. The molecule has 0 saturated carbocycles. The van der Waals surface area contributed by atoms with E-state index in [0.717, 1.165) is 33.3 Å². The van der Waals surface area contributed by atoms with Crippen LogP contribution in [0.25, 0.3) is 53.5 Å². The Hall–Kier alpha value is -3.24. The number of furan rings is 1. The molecule has 0 fully saturated rings. The minimum atomic E-state index is 0.705. The minimum Gasteiger partial charge on any atom is -0.437 e. The van der Waals surface area contributed by atoms with E-state index in [1.54, 1.807) is 0 Å². The summed E-state index contributed by atoms with van der Waals surface area (Å²) in [5.74, 6) is 0. The van der Waals surface area contributed by atoms with E-state index in [9.17, 15) is 0 Å². The quantitative estimate of drug-likeness (QED) is 0.299. The topological polar surface area (TPSA) is 29.9 Å². The first-order chi connectivity index (χ1) is 14.1. The standard InChI is InChI=1S/C25H19N2OS/c1-14-8-10-17-18-11-9-15(2)26-25(18)28-24(17)23(14)20-12-19-16-6-4-5-7-21(16)29-22(19)13-27(20)3/h4-13H,1-3H3/q+1. The van der Waals surface area contributed by atoms with Crippen molar-refractivity contribution in [2.24, 2.45) is 7.05 Å². The van der Waals surface area contributed by atoms with Crippen molar-refractivity contribution in [3.05, 3.63) is 72.1 Å². The van der Waals surface area contributed by atoms with Gasteiger partial charge in [-0.2, -0.15) is 4.57 Å². The van der Waals surface area contributed by atoms with Gasteiger partial charge in [0.2, 0.25) is 11.4 Å². The molecule has 0 N–H and O–H groups in total. The first-order valence-corrected chi connectivity index (χ1v) is 10.5. The van der Waals surface area contributed by atoms with E-state index in [0.29, 0.717) is 5.71 Å². The highest BCUT2D eigenvalue weighted by molar-refractivity contribution is 7.25. The Morgan fingerprint density at radius 1 is 0.862 bits per heavy atom. The van der Waals surface area contributed by atoms with E-state index >= 15 is 0 Å². The maximum absolute atomic E-state index is 6.31. The summed E-state index contributed by atoms with van der Waals surface area (Å²) in [5.41, 5.74) is 6.07. The Labute approximate surface area is 171 Å². The first kappa shape index (κ1) is 16.7. The van der Waals surface area contributed by atoms with Crippen molar-refractivity contribution in [2.45, 2.75) is 13.8 Å². The van der Waals surface area contributed by atoms with Gasteiger partial charge in [0.15, 0.2) is 11.8 Å². The summed E-state index contributed by atoms with van der Waals surface area (Å²) in [6, 6.07) is 19.4. The Bertz CT molecular complexity index is 1590. The van der Waals surface area contributed by atoms with Crippen molar-refractivity contribution in [3.8, 4) is 11.3 Å². The van der Waals surface area contributed by atoms with Gasteiger partial charge in [-0.15, -0.1) is 11.3 Å². The Kier molecular flexibility index (Phi) is 3.38. The fourth-order valence-corrected chi connectivity index (χ4v) is 5.45. The van der Waals surface area contributed by atoms with Crippen LogP contribution in [-0.4, -0.2) is 4.98 Å². The van der Waals surface area contributed by atoms with Crippen LogP contribution in [0.3, 0.4) is 0 Å². The lowest BCUT2D eigenvalue weighted by molar-refractivity contribution is -0.658. The van der Waals surface area contributed by atoms with Crippen molar-refractivity contribution >= 4 is 53.6 Å². The third-order valence-corrected chi connectivity index (χ3v) is 6.87. The molecule has 3 nitrogen and oxygen atoms in total. The number of pyridine rings is 2. The molecule has 140 valence electrons. The van der Waals surface area contributed by atoms with E-state index in [-0.39, 0.29) is 0 Å². The molecule has 0 aliphatic heterocycles. The fraction of sp³-hybridized carbons (Fsp3) is 0.120. The van der Waals surface area contributed by atoms with Crippen LogP contribution in [0.15, 0.2) is 65.2 Å². The second-order valence-corrected chi connectivity index (χ2v) is 8.77. The van der Waals surface area contributed by atoms with E-state index in [1.807, 2.05) is 24.3 Å². The monoisotopic (exact) mass is 395 g/mol. The molecule has 4 heteroatoms. The highest BCUT2D eigenvalue weighted by Crippen LogP contribution is 2.39. The molecule has 0 spiro atoms. The molecule has 2 aromatic carbocycles.